The van der Waals surface area contributed by atoms with Crippen molar-refractivity contribution < 1.29 is 29.4 Å². The number of nitrogens with two attached hydrogens (primary N) is 1. The molecule has 6 N–H and O–H groups in total. The van der Waals surface area contributed by atoms with Gasteiger partial charge in [0.25, 0.3) is 5.91 Å². The van der Waals surface area contributed by atoms with Crippen LogP contribution in [0, 0.1) is 10.8 Å². The third kappa shape index (κ3) is 4.50. The number of β-lactam (4-membered cyclic amide) rings is 1. The van der Waals surface area contributed by atoms with Crippen LogP contribution in [0.2, 0.25) is 0 Å². The van der Waals surface area contributed by atoms with Gasteiger partial charge in [0, 0.05) is 54.9 Å². The second-order valence-electron chi connectivity index (χ2n) is 13.7. The fourth-order valence-corrected chi connectivity index (χ4v) is 8.76. The fraction of sp³-hybridized carbons (Fsp3) is 0.625. The second-order valence-corrected chi connectivity index (χ2v) is 14.0. The highest BCUT2D eigenvalue weighted by atomic mass is 32.1. The van der Waals surface area contributed by atoms with Crippen LogP contribution < -0.4 is 16.4 Å². The summed E-state index contributed by atoms with van der Waals surface area (Å²) in [6, 6.07) is -0.287. The Morgan fingerprint density at radius 3 is 2.61 bits per heavy atom. The van der Waals surface area contributed by atoms with E-state index in [1.54, 1.807) is 6.08 Å². The third-order valence-corrected chi connectivity index (χ3v) is 11.7. The van der Waals surface area contributed by atoms with Crippen LogP contribution in [0.25, 0.3) is 0 Å². The Morgan fingerprint density at radius 1 is 1.22 bits per heavy atom. The number of hydrogen-bond acceptors (Lipinski definition) is 10. The summed E-state index contributed by atoms with van der Waals surface area (Å²) in [5.74, 6) is -1.58. The Balaban J connectivity index is 1.12. The van der Waals surface area contributed by atoms with Crippen molar-refractivity contribution in [2.24, 2.45) is 26.5 Å². The zero-order chi connectivity index (χ0) is 32.6. The highest BCUT2D eigenvalue weighted by molar-refractivity contribution is 7.80. The number of aliphatic hydroxyl groups excluding tert-OH is 1. The Kier molecular flexibility index (Phi) is 7.48. The van der Waals surface area contributed by atoms with Gasteiger partial charge in [-0.3, -0.25) is 24.3 Å². The van der Waals surface area contributed by atoms with E-state index in [4.69, 9.17) is 5.73 Å². The third-order valence-electron chi connectivity index (χ3n) is 11.3. The van der Waals surface area contributed by atoms with E-state index in [2.05, 4.69) is 33.2 Å². The summed E-state index contributed by atoms with van der Waals surface area (Å²) < 4.78 is 0. The molecule has 246 valence electrons. The minimum atomic E-state index is -1.25. The largest absolute Gasteiger partial charge is 0.477 e. The number of carboxylic acid groups (broad SMARTS) is 1. The van der Waals surface area contributed by atoms with Crippen LogP contribution in [-0.2, 0) is 19.2 Å². The van der Waals surface area contributed by atoms with Crippen LogP contribution in [0.3, 0.4) is 0 Å². The van der Waals surface area contributed by atoms with Gasteiger partial charge in [-0.1, -0.05) is 6.92 Å². The molecule has 7 aliphatic rings. The van der Waals surface area contributed by atoms with Crippen molar-refractivity contribution in [3.63, 3.8) is 0 Å². The molecule has 0 radical (unpaired) electrons. The van der Waals surface area contributed by atoms with Gasteiger partial charge < -0.3 is 31.5 Å². The van der Waals surface area contributed by atoms with Crippen molar-refractivity contribution in [3.8, 4) is 0 Å². The number of hydrogen-bond donors (Lipinski definition) is 6. The summed E-state index contributed by atoms with van der Waals surface area (Å²) >= 11 is 4.45. The van der Waals surface area contributed by atoms with Crippen LogP contribution in [0.4, 0.5) is 0 Å². The van der Waals surface area contributed by atoms with E-state index in [-0.39, 0.29) is 52.7 Å². The normalized spacial score (nSPS) is 34.0. The smallest absolute Gasteiger partial charge is 0.352 e. The van der Waals surface area contributed by atoms with Gasteiger partial charge in [0.05, 0.1) is 23.1 Å². The molecule has 13 nitrogen and oxygen atoms in total. The molecular formula is C32H41N7O6S. The van der Waals surface area contributed by atoms with E-state index < -0.39 is 28.9 Å². The Labute approximate surface area is 272 Å². The number of carbonyl (C=O) groups is 4. The van der Waals surface area contributed by atoms with E-state index in [1.807, 2.05) is 11.8 Å². The molecule has 3 amide bonds. The average Bonchev–Trinajstić information content (AvgIpc) is 3.98. The number of nitrogens with zero attached hydrogens (tertiary/aromatic N) is 4. The second kappa shape index (κ2) is 11.1. The molecular weight excluding hydrogens is 610 g/mol. The fourth-order valence-electron chi connectivity index (χ4n) is 8.52. The van der Waals surface area contributed by atoms with Gasteiger partial charge in [0.15, 0.2) is 5.84 Å². The molecule has 14 heteroatoms. The summed E-state index contributed by atoms with van der Waals surface area (Å²) in [5, 5.41) is 26.8. The van der Waals surface area contributed by atoms with Crippen LogP contribution in [0.1, 0.15) is 58.3 Å². The van der Waals surface area contributed by atoms with Gasteiger partial charge in [-0.05, 0) is 68.7 Å². The molecule has 3 aliphatic carbocycles. The lowest BCUT2D eigenvalue weighted by atomic mass is 9.78. The number of aliphatic hydroxyl groups is 1. The first-order valence-electron chi connectivity index (χ1n) is 16.2. The number of rotatable bonds is 10. The van der Waals surface area contributed by atoms with E-state index >= 15 is 0 Å². The Morgan fingerprint density at radius 2 is 2.00 bits per heavy atom. The lowest BCUT2D eigenvalue weighted by molar-refractivity contribution is -0.163. The predicted octanol–water partition coefficient (Wildman–Crippen LogP) is 0.274. The maximum atomic E-state index is 14.0. The van der Waals surface area contributed by atoms with Crippen LogP contribution in [0.5, 0.6) is 0 Å². The van der Waals surface area contributed by atoms with E-state index in [0.717, 1.165) is 25.9 Å². The van der Waals surface area contributed by atoms with Gasteiger partial charge in [0.1, 0.15) is 11.5 Å². The number of aliphatic carboxylic acids is 1. The standard InChI is InChI=1S/C32H41N7O6S/c1-2-17(14-40)23(25-35-8-3-22(33)37-25)26(41)36-20-12-32(20)29(45)39(31(32)5-6-31)24(28(43)44)19(15-46)11-18-4-10-38(27(18)42)21-13-30(21)7-9-34-16-30/h11,20-21,34,40,46H,2-10,12-16H2,1H3,(H,36,41)(H,43,44)(H2,33,35,37)/b18-11+,23-17-,24-19-/t20?,21?,30?,32-/m1/s1. The number of carboxylic acids is 1. The van der Waals surface area contributed by atoms with Crippen LogP contribution >= 0.6 is 12.6 Å². The summed E-state index contributed by atoms with van der Waals surface area (Å²) in [4.78, 5) is 65.8. The first-order valence-corrected chi connectivity index (χ1v) is 16.9. The SMILES string of the molecule is CC/C(CO)=C(/C(=O)NC1C[C@]12C(=O)N(/C(C(=O)O)=C(/C=C1\CCN(C3CC34CCNC4)C1=O)CS)C21CC1)C1=NCCC(N)=N1. The van der Waals surface area contributed by atoms with Crippen molar-refractivity contribution in [3.05, 3.63) is 34.1 Å². The van der Waals surface area contributed by atoms with Crippen molar-refractivity contribution in [1.29, 1.82) is 0 Å². The van der Waals surface area contributed by atoms with Gasteiger partial charge in [-0.25, -0.2) is 9.79 Å². The zero-order valence-corrected chi connectivity index (χ0v) is 26.9. The maximum absolute atomic E-state index is 14.0. The molecule has 3 saturated heterocycles. The average molecular weight is 652 g/mol. The predicted molar refractivity (Wildman–Crippen MR) is 172 cm³/mol. The molecule has 4 aliphatic heterocycles. The minimum Gasteiger partial charge on any atom is -0.477 e. The number of amidine groups is 2. The molecule has 46 heavy (non-hydrogen) atoms. The number of fused-ring (bicyclic) bond motifs is 1. The molecule has 4 heterocycles. The minimum absolute atomic E-state index is 0.0452. The number of likely N-dealkylation sites (tertiary alicyclic amines) is 2. The number of nitrogens with one attached hydrogen (secondary N) is 2. The van der Waals surface area contributed by atoms with Crippen LogP contribution in [0.15, 0.2) is 44.1 Å². The van der Waals surface area contributed by atoms with E-state index in [0.29, 0.717) is 74.2 Å². The zero-order valence-electron chi connectivity index (χ0n) is 26.0. The van der Waals surface area contributed by atoms with Crippen LogP contribution in [-0.4, -0.2) is 112 Å². The molecule has 0 bridgehead atoms. The van der Waals surface area contributed by atoms with Gasteiger partial charge >= 0.3 is 5.97 Å². The molecule has 0 aromatic heterocycles. The van der Waals surface area contributed by atoms with Gasteiger partial charge in [-0.2, -0.15) is 12.6 Å². The van der Waals surface area contributed by atoms with Crippen molar-refractivity contribution >= 4 is 48.0 Å². The summed E-state index contributed by atoms with van der Waals surface area (Å²) in [7, 11) is 0. The Hall–Kier alpha value is -3.49. The summed E-state index contributed by atoms with van der Waals surface area (Å²) in [6.07, 6.45) is 6.68. The lowest BCUT2D eigenvalue weighted by Gasteiger charge is -2.50. The summed E-state index contributed by atoms with van der Waals surface area (Å²) in [6.45, 7) is 4.34. The topological polar surface area (TPSA) is 190 Å². The quantitative estimate of drug-likeness (QED) is 0.110. The molecule has 3 spiro atoms. The lowest BCUT2D eigenvalue weighted by Crippen LogP contribution is -2.67. The summed E-state index contributed by atoms with van der Waals surface area (Å²) in [5.41, 5.74) is 5.83. The monoisotopic (exact) mass is 651 g/mol. The molecule has 6 fully saturated rings. The number of thiol groups is 1. The molecule has 3 unspecified atom stereocenters. The molecule has 0 aromatic carbocycles. The number of aliphatic imine (C=N–C) groups is 2. The van der Waals surface area contributed by atoms with Crippen molar-refractivity contribution in [1.82, 2.24) is 20.4 Å². The van der Waals surface area contributed by atoms with Gasteiger partial charge in [0.2, 0.25) is 11.8 Å². The molecule has 7 rings (SSSR count). The highest BCUT2D eigenvalue weighted by Crippen LogP contribution is 2.75. The van der Waals surface area contributed by atoms with Gasteiger partial charge in [-0.15, -0.1) is 0 Å². The van der Waals surface area contributed by atoms with Crippen molar-refractivity contribution in [2.45, 2.75) is 75.9 Å². The van der Waals surface area contributed by atoms with E-state index in [9.17, 15) is 29.4 Å². The first-order chi connectivity index (χ1) is 22.1. The molecule has 4 atom stereocenters. The van der Waals surface area contributed by atoms with Crippen molar-refractivity contribution in [2.75, 3.05) is 38.5 Å². The molecule has 3 saturated carbocycles. The molecule has 0 aromatic rings. The Bertz CT molecular complexity index is 1580. The number of amides is 3. The number of allylic oxidation sites excluding steroid dienone is 1. The first kappa shape index (κ1) is 31.1. The van der Waals surface area contributed by atoms with E-state index in [1.165, 1.54) is 4.90 Å². The maximum Gasteiger partial charge on any atom is 0.352 e. The highest BCUT2D eigenvalue weighted by Gasteiger charge is 2.87. The number of carbonyl (C=O) groups excluding carboxylic acids is 3.